The molecule has 1 aliphatic rings. The maximum atomic E-state index is 2.35. The van der Waals surface area contributed by atoms with Crippen molar-refractivity contribution in [1.29, 1.82) is 0 Å². The van der Waals surface area contributed by atoms with Crippen molar-refractivity contribution >= 4 is 37.2 Å². The van der Waals surface area contributed by atoms with E-state index < -0.39 is 0 Å². The summed E-state index contributed by atoms with van der Waals surface area (Å²) in [6.45, 7) is 4.67. The van der Waals surface area contributed by atoms with Crippen LogP contribution in [0.5, 0.6) is 0 Å². The van der Waals surface area contributed by atoms with Gasteiger partial charge in [-0.2, -0.15) is 0 Å². The van der Waals surface area contributed by atoms with Crippen LogP contribution in [0.3, 0.4) is 0 Å². The molecule has 0 unspecified atom stereocenters. The predicted molar refractivity (Wildman–Crippen MR) is 111 cm³/mol. The van der Waals surface area contributed by atoms with Gasteiger partial charge in [0.1, 0.15) is 0 Å². The molecule has 1 fully saturated rings. The molecular weight excluding hydrogens is 478 g/mol. The predicted octanol–water partition coefficient (Wildman–Crippen LogP) is 2.63. The molecule has 1 aliphatic heterocycles. The van der Waals surface area contributed by atoms with Crippen molar-refractivity contribution in [1.82, 2.24) is 9.80 Å². The van der Waals surface area contributed by atoms with E-state index in [0.717, 1.165) is 8.97 Å². The summed E-state index contributed by atoms with van der Waals surface area (Å²) in [5.41, 5.74) is 0. The molecule has 0 aromatic rings. The first-order valence-electron chi connectivity index (χ1n) is 6.84. The van der Waals surface area contributed by atoms with Crippen molar-refractivity contribution in [2.45, 2.75) is 13.1 Å². The molecule has 4 nitrogen and oxygen atoms in total. The summed E-state index contributed by atoms with van der Waals surface area (Å²) in [5.74, 6) is 0. The normalized spacial score (nSPS) is 17.2. The van der Waals surface area contributed by atoms with E-state index in [1.807, 2.05) is 0 Å². The third-order valence-corrected chi connectivity index (χ3v) is 2.08. The van der Waals surface area contributed by atoms with Gasteiger partial charge in [-0.25, -0.2) is 0 Å². The van der Waals surface area contributed by atoms with Gasteiger partial charge in [-0.1, -0.05) is 0 Å². The Morgan fingerprint density at radius 2 is 0.850 bits per heavy atom. The summed E-state index contributed by atoms with van der Waals surface area (Å²) >= 11 is 4.24. The van der Waals surface area contributed by atoms with Crippen molar-refractivity contribution < 1.29 is 8.97 Å². The molecule has 0 bridgehead atoms. The molecule has 20 heavy (non-hydrogen) atoms. The van der Waals surface area contributed by atoms with Crippen molar-refractivity contribution in [2.75, 3.05) is 83.6 Å². The summed E-state index contributed by atoms with van der Waals surface area (Å²) in [5, 5.41) is 0. The van der Waals surface area contributed by atoms with E-state index in [-0.39, 0.29) is 0 Å². The molecule has 0 aromatic carbocycles. The maximum Gasteiger partial charge on any atom is 0.0675 e. The van der Waals surface area contributed by atoms with Gasteiger partial charge < -0.3 is 8.97 Å². The van der Waals surface area contributed by atoms with Crippen LogP contribution in [-0.4, -0.2) is 108 Å². The first-order chi connectivity index (χ1) is 8.72. The fourth-order valence-corrected chi connectivity index (χ4v) is 1.03. The molecule has 1 saturated heterocycles. The van der Waals surface area contributed by atoms with E-state index in [1.165, 1.54) is 13.1 Å². The monoisotopic (exact) mass is 516 g/mol. The van der Waals surface area contributed by atoms with Crippen LogP contribution in [0.2, 0.25) is 0 Å². The second-order valence-electron chi connectivity index (χ2n) is 7.96. The zero-order chi connectivity index (χ0) is 17.1. The number of nitrogens with zero attached hydrogens (tertiary/aromatic N) is 4. The zero-order valence-corrected chi connectivity index (χ0v) is 19.9. The molecule has 126 valence electrons. The van der Waals surface area contributed by atoms with Crippen LogP contribution < -0.4 is 0 Å². The topological polar surface area (TPSA) is 6.48 Å². The van der Waals surface area contributed by atoms with Crippen LogP contribution in [0.4, 0.5) is 0 Å². The molecule has 0 N–H and O–H groups in total. The molecule has 1 heterocycles. The minimum atomic E-state index is 0.648. The Hall–Kier alpha value is 1.30. The Balaban J connectivity index is -0.000000213. The molecule has 0 atom stereocenters. The number of rotatable bonds is 0. The first-order valence-corrected chi connectivity index (χ1v) is 13.1. The smallest absolute Gasteiger partial charge is 0.0675 e. The number of quaternary nitrogens is 2. The summed E-state index contributed by atoms with van der Waals surface area (Å²) in [7, 11) is 21.3. The Bertz CT molecular complexity index is 178. The van der Waals surface area contributed by atoms with Gasteiger partial charge in [0.2, 0.25) is 0 Å². The summed E-state index contributed by atoms with van der Waals surface area (Å²) < 4.78 is 2.00. The Labute approximate surface area is 152 Å². The van der Waals surface area contributed by atoms with Gasteiger partial charge in [-0.3, -0.25) is 9.80 Å². The minimum Gasteiger partial charge on any atom is -0.333 e. The first kappa shape index (κ1) is 26.2. The fourth-order valence-electron chi connectivity index (χ4n) is 1.03. The highest BCUT2D eigenvalue weighted by Crippen LogP contribution is 2.06. The van der Waals surface area contributed by atoms with Gasteiger partial charge in [-0.15, -0.1) is 0 Å². The van der Waals surface area contributed by atoms with Crippen LogP contribution in [-0.2, 0) is 0 Å². The summed E-state index contributed by atoms with van der Waals surface area (Å²) in [6.07, 6.45) is 0.648. The number of halogens is 2. The van der Waals surface area contributed by atoms with E-state index in [9.17, 15) is 0 Å². The molecule has 0 saturated carbocycles. The van der Waals surface area contributed by atoms with Crippen LogP contribution in [0.15, 0.2) is 0 Å². The second kappa shape index (κ2) is 12.8. The fraction of sp³-hybridized carbons (Fsp3) is 1.00. The minimum absolute atomic E-state index is 0.648. The second-order valence-corrected chi connectivity index (χ2v) is 7.96. The van der Waals surface area contributed by atoms with Crippen LogP contribution in [0.25, 0.3) is 0 Å². The highest BCUT2D eigenvalue weighted by molar-refractivity contribution is 15.0. The van der Waals surface area contributed by atoms with Crippen LogP contribution >= 0.6 is 37.2 Å². The average molecular weight is 516 g/mol. The van der Waals surface area contributed by atoms with Gasteiger partial charge in [0, 0.05) is 50.3 Å². The van der Waals surface area contributed by atoms with Gasteiger partial charge in [0.05, 0.1) is 62.5 Å². The number of hydrogen-bond acceptors (Lipinski definition) is 2. The molecule has 0 aliphatic carbocycles. The van der Waals surface area contributed by atoms with Gasteiger partial charge in [0.25, 0.3) is 0 Å². The Kier molecular flexibility index (Phi) is 16.8. The van der Waals surface area contributed by atoms with Crippen molar-refractivity contribution in [3.05, 3.63) is 0 Å². The van der Waals surface area contributed by atoms with E-state index in [0.29, 0.717) is 6.17 Å². The molecule has 0 amide bonds. The standard InChI is InChI=1S/C6H14N2.2C4H12N.I2/c1-6-7(2)4-5-8(6)3;2*1-5(2,3)4;1-2/h6H,4-5H2,1-3H3;2*1-4H3;/q;2*+1;. The van der Waals surface area contributed by atoms with Crippen LogP contribution in [0, 0.1) is 0 Å². The summed E-state index contributed by atoms with van der Waals surface area (Å²) in [6, 6.07) is 0. The molecule has 0 radical (unpaired) electrons. The molecule has 1 rings (SSSR count). The van der Waals surface area contributed by atoms with E-state index >= 15 is 0 Å². The van der Waals surface area contributed by atoms with Gasteiger partial charge in [0.15, 0.2) is 0 Å². The third kappa shape index (κ3) is 31.6. The zero-order valence-electron chi connectivity index (χ0n) is 15.5. The molecule has 0 aromatic heterocycles. The lowest BCUT2D eigenvalue weighted by Crippen LogP contribution is -2.30. The molecular formula is C14H38I2N4+2. The van der Waals surface area contributed by atoms with Crippen molar-refractivity contribution in [3.8, 4) is 0 Å². The van der Waals surface area contributed by atoms with E-state index in [1.54, 1.807) is 0 Å². The lowest BCUT2D eigenvalue weighted by Gasteiger charge is -2.19. The van der Waals surface area contributed by atoms with Crippen molar-refractivity contribution in [2.24, 2.45) is 0 Å². The quantitative estimate of drug-likeness (QED) is 0.361. The van der Waals surface area contributed by atoms with E-state index in [2.05, 4.69) is 124 Å². The van der Waals surface area contributed by atoms with Crippen molar-refractivity contribution in [3.63, 3.8) is 0 Å². The number of likely N-dealkylation sites (N-methyl/N-ethyl adjacent to an activating group) is 2. The van der Waals surface area contributed by atoms with Gasteiger partial charge in [-0.05, 0) is 21.0 Å². The largest absolute Gasteiger partial charge is 0.333 e. The lowest BCUT2D eigenvalue weighted by molar-refractivity contribution is -0.849. The summed E-state index contributed by atoms with van der Waals surface area (Å²) in [4.78, 5) is 4.69. The number of hydrogen-bond donors (Lipinski definition) is 0. The maximum absolute atomic E-state index is 2.35. The highest BCUT2D eigenvalue weighted by Gasteiger charge is 2.20. The Morgan fingerprint density at radius 3 is 0.900 bits per heavy atom. The third-order valence-electron chi connectivity index (χ3n) is 2.08. The van der Waals surface area contributed by atoms with E-state index in [4.69, 9.17) is 0 Å². The SMILES string of the molecule is CC1N(C)CCN1C.C[N+](C)(C)C.C[N+](C)(C)C.II. The lowest BCUT2D eigenvalue weighted by atomic mass is 10.5. The molecule has 6 heteroatoms. The average Bonchev–Trinajstić information content (AvgIpc) is 2.48. The molecule has 0 spiro atoms. The highest BCUT2D eigenvalue weighted by atomic mass is 128. The van der Waals surface area contributed by atoms with Gasteiger partial charge >= 0.3 is 0 Å². The Morgan fingerprint density at radius 1 is 0.700 bits per heavy atom. The van der Waals surface area contributed by atoms with Crippen LogP contribution in [0.1, 0.15) is 6.92 Å².